The minimum Gasteiger partial charge on any atom is -0.506 e. The number of rotatable bonds is 3. The van der Waals surface area contributed by atoms with Crippen molar-refractivity contribution in [2.24, 2.45) is 0 Å². The molecule has 0 saturated carbocycles. The Morgan fingerprint density at radius 1 is 1.15 bits per heavy atom. The summed E-state index contributed by atoms with van der Waals surface area (Å²) in [6.07, 6.45) is 0. The zero-order valence-corrected chi connectivity index (χ0v) is 12.1. The van der Waals surface area contributed by atoms with Crippen LogP contribution in [0.5, 0.6) is 11.5 Å². The zero-order chi connectivity index (χ0) is 14.5. The number of methoxy groups -OCH3 is 1. The van der Waals surface area contributed by atoms with E-state index in [1.54, 1.807) is 19.2 Å². The van der Waals surface area contributed by atoms with Gasteiger partial charge in [-0.1, -0.05) is 12.1 Å². The molecule has 2 rings (SSSR count). The molecule has 0 fully saturated rings. The van der Waals surface area contributed by atoms with Gasteiger partial charge in [-0.2, -0.15) is 0 Å². The van der Waals surface area contributed by atoms with Crippen LogP contribution in [0.2, 0.25) is 0 Å². The smallest absolute Gasteiger partial charge is 0.175 e. The Kier molecular flexibility index (Phi) is 4.42. The molecule has 3 N–H and O–H groups in total. The molecule has 20 heavy (non-hydrogen) atoms. The Morgan fingerprint density at radius 2 is 1.95 bits per heavy atom. The molecule has 0 bridgehead atoms. The second-order valence-electron chi connectivity index (χ2n) is 4.33. The molecule has 5 heteroatoms. The number of aryl methyl sites for hydroxylation is 1. The van der Waals surface area contributed by atoms with Gasteiger partial charge in [0.2, 0.25) is 0 Å². The SMILES string of the molecule is COc1cccc(NC(=S)Nc2ccc(C)cc2O)c1. The number of benzene rings is 2. The van der Waals surface area contributed by atoms with Gasteiger partial charge in [0.25, 0.3) is 0 Å². The number of ether oxygens (including phenoxy) is 1. The number of phenols is 1. The van der Waals surface area contributed by atoms with Crippen LogP contribution < -0.4 is 15.4 Å². The lowest BCUT2D eigenvalue weighted by Gasteiger charge is -2.12. The summed E-state index contributed by atoms with van der Waals surface area (Å²) in [6.45, 7) is 1.91. The molecule has 4 nitrogen and oxygen atoms in total. The van der Waals surface area contributed by atoms with Gasteiger partial charge in [-0.05, 0) is 49.0 Å². The molecule has 0 aromatic heterocycles. The highest BCUT2D eigenvalue weighted by molar-refractivity contribution is 7.80. The molecule has 0 amide bonds. The van der Waals surface area contributed by atoms with Crippen molar-refractivity contribution >= 4 is 28.7 Å². The van der Waals surface area contributed by atoms with Crippen molar-refractivity contribution in [2.75, 3.05) is 17.7 Å². The van der Waals surface area contributed by atoms with Crippen LogP contribution in [0, 0.1) is 6.92 Å². The Bertz CT molecular complexity index is 629. The highest BCUT2D eigenvalue weighted by Crippen LogP contribution is 2.24. The molecule has 104 valence electrons. The van der Waals surface area contributed by atoms with Crippen LogP contribution >= 0.6 is 12.2 Å². The van der Waals surface area contributed by atoms with Gasteiger partial charge in [0, 0.05) is 11.8 Å². The van der Waals surface area contributed by atoms with Gasteiger partial charge in [0.15, 0.2) is 5.11 Å². The highest BCUT2D eigenvalue weighted by atomic mass is 32.1. The van der Waals surface area contributed by atoms with Gasteiger partial charge < -0.3 is 20.5 Å². The van der Waals surface area contributed by atoms with Crippen LogP contribution in [0.4, 0.5) is 11.4 Å². The van der Waals surface area contributed by atoms with Crippen LogP contribution in [0.3, 0.4) is 0 Å². The van der Waals surface area contributed by atoms with Crippen molar-refractivity contribution < 1.29 is 9.84 Å². The largest absolute Gasteiger partial charge is 0.506 e. The number of anilines is 2. The number of nitrogens with one attached hydrogen (secondary N) is 2. The molecule has 0 aliphatic heterocycles. The molecule has 2 aromatic rings. The van der Waals surface area contributed by atoms with E-state index in [2.05, 4.69) is 10.6 Å². The van der Waals surface area contributed by atoms with Crippen LogP contribution in [0.25, 0.3) is 0 Å². The van der Waals surface area contributed by atoms with Gasteiger partial charge in [-0.25, -0.2) is 0 Å². The maximum atomic E-state index is 9.82. The van der Waals surface area contributed by atoms with Crippen molar-refractivity contribution in [3.8, 4) is 11.5 Å². The van der Waals surface area contributed by atoms with Crippen LogP contribution in [-0.2, 0) is 0 Å². The number of aromatic hydroxyl groups is 1. The predicted octanol–water partition coefficient (Wildman–Crippen LogP) is 3.52. The van der Waals surface area contributed by atoms with E-state index >= 15 is 0 Å². The number of phenolic OH excluding ortho intramolecular Hbond substituents is 1. The highest BCUT2D eigenvalue weighted by Gasteiger charge is 2.04. The van der Waals surface area contributed by atoms with Gasteiger partial charge in [-0.3, -0.25) is 0 Å². The third-order valence-electron chi connectivity index (χ3n) is 2.73. The summed E-state index contributed by atoms with van der Waals surface area (Å²) < 4.78 is 5.14. The molecule has 0 saturated heterocycles. The quantitative estimate of drug-likeness (QED) is 0.596. The maximum Gasteiger partial charge on any atom is 0.175 e. The first-order valence-corrected chi connectivity index (χ1v) is 6.51. The maximum absolute atomic E-state index is 9.82. The molecule has 0 atom stereocenters. The number of hydrogen-bond acceptors (Lipinski definition) is 3. The fourth-order valence-corrected chi connectivity index (χ4v) is 1.96. The summed E-state index contributed by atoms with van der Waals surface area (Å²) in [4.78, 5) is 0. The van der Waals surface area contributed by atoms with Crippen LogP contribution in [-0.4, -0.2) is 17.3 Å². The summed E-state index contributed by atoms with van der Waals surface area (Å²) in [5.41, 5.74) is 2.36. The molecule has 0 heterocycles. The lowest BCUT2D eigenvalue weighted by atomic mass is 10.2. The summed E-state index contributed by atoms with van der Waals surface area (Å²) in [5.74, 6) is 0.913. The fourth-order valence-electron chi connectivity index (χ4n) is 1.73. The number of thiocarbonyl (C=S) groups is 1. The van der Waals surface area contributed by atoms with Crippen molar-refractivity contribution in [1.29, 1.82) is 0 Å². The van der Waals surface area contributed by atoms with Gasteiger partial charge >= 0.3 is 0 Å². The van der Waals surface area contributed by atoms with Gasteiger partial charge in [0.05, 0.1) is 12.8 Å². The molecular formula is C15H16N2O2S. The summed E-state index contributed by atoms with van der Waals surface area (Å²) in [5, 5.41) is 16.2. The predicted molar refractivity (Wildman–Crippen MR) is 85.7 cm³/mol. The van der Waals surface area contributed by atoms with Gasteiger partial charge in [-0.15, -0.1) is 0 Å². The summed E-state index contributed by atoms with van der Waals surface area (Å²) in [6, 6.07) is 12.8. The van der Waals surface area contributed by atoms with Crippen molar-refractivity contribution in [3.63, 3.8) is 0 Å². The van der Waals surface area contributed by atoms with Crippen LogP contribution in [0.15, 0.2) is 42.5 Å². The third-order valence-corrected chi connectivity index (χ3v) is 2.93. The van der Waals surface area contributed by atoms with E-state index < -0.39 is 0 Å². The molecule has 0 aliphatic rings. The van der Waals surface area contributed by atoms with Crippen molar-refractivity contribution in [1.82, 2.24) is 0 Å². The topological polar surface area (TPSA) is 53.5 Å². The van der Waals surface area contributed by atoms with E-state index in [-0.39, 0.29) is 5.75 Å². The minimum absolute atomic E-state index is 0.166. The average Bonchev–Trinajstić information content (AvgIpc) is 2.42. The lowest BCUT2D eigenvalue weighted by Crippen LogP contribution is -2.19. The summed E-state index contributed by atoms with van der Waals surface area (Å²) in [7, 11) is 1.61. The van der Waals surface area contributed by atoms with Crippen LogP contribution in [0.1, 0.15) is 5.56 Å². The molecule has 0 aliphatic carbocycles. The fraction of sp³-hybridized carbons (Fsp3) is 0.133. The van der Waals surface area contributed by atoms with Gasteiger partial charge in [0.1, 0.15) is 11.5 Å². The Labute approximate surface area is 123 Å². The van der Waals surface area contributed by atoms with Crippen molar-refractivity contribution in [3.05, 3.63) is 48.0 Å². The zero-order valence-electron chi connectivity index (χ0n) is 11.3. The first-order valence-electron chi connectivity index (χ1n) is 6.10. The normalized spacial score (nSPS) is 9.90. The third kappa shape index (κ3) is 3.61. The first-order chi connectivity index (χ1) is 9.58. The second kappa shape index (κ2) is 6.25. The number of hydrogen-bond donors (Lipinski definition) is 3. The van der Waals surface area contributed by atoms with E-state index in [0.29, 0.717) is 10.8 Å². The molecule has 2 aromatic carbocycles. The van der Waals surface area contributed by atoms with E-state index in [9.17, 15) is 5.11 Å². The second-order valence-corrected chi connectivity index (χ2v) is 4.74. The molecule has 0 spiro atoms. The minimum atomic E-state index is 0.166. The van der Waals surface area contributed by atoms with Crippen molar-refractivity contribution in [2.45, 2.75) is 6.92 Å². The van der Waals surface area contributed by atoms with E-state index in [4.69, 9.17) is 17.0 Å². The lowest BCUT2D eigenvalue weighted by molar-refractivity contribution is 0.415. The molecule has 0 radical (unpaired) electrons. The van der Waals surface area contributed by atoms with E-state index in [0.717, 1.165) is 17.0 Å². The first kappa shape index (κ1) is 14.1. The Balaban J connectivity index is 2.05. The van der Waals surface area contributed by atoms with E-state index in [1.807, 2.05) is 37.3 Å². The molecule has 0 unspecified atom stereocenters. The average molecular weight is 288 g/mol. The standard InChI is InChI=1S/C15H16N2O2S/c1-10-6-7-13(14(18)8-10)17-15(20)16-11-4-3-5-12(9-11)19-2/h3-9,18H,1-2H3,(H2,16,17,20). The Hall–Kier alpha value is -2.27. The monoisotopic (exact) mass is 288 g/mol. The summed E-state index contributed by atoms with van der Waals surface area (Å²) >= 11 is 5.22. The molecular weight excluding hydrogens is 272 g/mol. The Morgan fingerprint density at radius 3 is 2.65 bits per heavy atom. The van der Waals surface area contributed by atoms with E-state index in [1.165, 1.54) is 0 Å².